The molecular formula is C15H15FN4O. The number of aromatic amines is 1. The summed E-state index contributed by atoms with van der Waals surface area (Å²) in [7, 11) is 0. The summed E-state index contributed by atoms with van der Waals surface area (Å²) in [6, 6.07) is 4.16. The maximum Gasteiger partial charge on any atom is 0.251 e. The second-order valence-electron chi connectivity index (χ2n) is 4.40. The number of nitrogens with one attached hydrogen (secondary N) is 2. The van der Waals surface area contributed by atoms with E-state index in [0.29, 0.717) is 6.54 Å². The van der Waals surface area contributed by atoms with Gasteiger partial charge in [-0.3, -0.25) is 9.89 Å². The van der Waals surface area contributed by atoms with Gasteiger partial charge < -0.3 is 11.1 Å². The minimum absolute atomic E-state index is 0.158. The molecule has 2 rings (SSSR count). The highest BCUT2D eigenvalue weighted by atomic mass is 19.1. The Bertz CT molecular complexity index is 712. The zero-order chi connectivity index (χ0) is 15.2. The molecule has 0 atom stereocenters. The molecule has 0 aliphatic rings. The number of nitrogens with two attached hydrogens (primary N) is 1. The Hall–Kier alpha value is -2.65. The standard InChI is InChI=1S/C15H15FN4O/c1-10-13(9-19-20-10)8-18-15(21)12-5-4-11(3-2-6-17)14(16)7-12/h4-5,7,9H,6,8,17H2,1H3,(H,18,21)(H,19,20). The Morgan fingerprint density at radius 3 is 2.95 bits per heavy atom. The second kappa shape index (κ2) is 6.68. The summed E-state index contributed by atoms with van der Waals surface area (Å²) in [6.45, 7) is 2.35. The van der Waals surface area contributed by atoms with Crippen molar-refractivity contribution in [3.63, 3.8) is 0 Å². The molecule has 0 aliphatic heterocycles. The molecule has 0 radical (unpaired) electrons. The molecule has 5 nitrogen and oxygen atoms in total. The third-order valence-corrected chi connectivity index (χ3v) is 2.93. The number of carbonyl (C=O) groups excluding carboxylic acids is 1. The maximum absolute atomic E-state index is 13.8. The summed E-state index contributed by atoms with van der Waals surface area (Å²) in [5.41, 5.74) is 7.47. The Morgan fingerprint density at radius 1 is 1.52 bits per heavy atom. The monoisotopic (exact) mass is 286 g/mol. The first-order valence-electron chi connectivity index (χ1n) is 6.37. The van der Waals surface area contributed by atoms with Crippen molar-refractivity contribution in [2.75, 3.05) is 6.54 Å². The zero-order valence-electron chi connectivity index (χ0n) is 11.5. The lowest BCUT2D eigenvalue weighted by molar-refractivity contribution is 0.0950. The van der Waals surface area contributed by atoms with E-state index in [2.05, 4.69) is 27.4 Å². The molecule has 6 heteroatoms. The van der Waals surface area contributed by atoms with E-state index in [1.807, 2.05) is 6.92 Å². The van der Waals surface area contributed by atoms with Crippen molar-refractivity contribution in [2.24, 2.45) is 5.73 Å². The molecule has 0 unspecified atom stereocenters. The van der Waals surface area contributed by atoms with E-state index in [4.69, 9.17) is 5.73 Å². The average molecular weight is 286 g/mol. The van der Waals surface area contributed by atoms with E-state index in [0.717, 1.165) is 17.3 Å². The average Bonchev–Trinajstić information content (AvgIpc) is 2.88. The molecule has 108 valence electrons. The van der Waals surface area contributed by atoms with Crippen LogP contribution in [0.5, 0.6) is 0 Å². The second-order valence-corrected chi connectivity index (χ2v) is 4.40. The van der Waals surface area contributed by atoms with Crippen molar-refractivity contribution in [1.29, 1.82) is 0 Å². The topological polar surface area (TPSA) is 83.8 Å². The molecule has 1 aromatic carbocycles. The predicted octanol–water partition coefficient (Wildman–Crippen LogP) is 1.10. The summed E-state index contributed by atoms with van der Waals surface area (Å²) in [5, 5.41) is 9.36. The van der Waals surface area contributed by atoms with Gasteiger partial charge in [0.15, 0.2) is 0 Å². The van der Waals surface area contributed by atoms with Crippen LogP contribution in [0.2, 0.25) is 0 Å². The van der Waals surface area contributed by atoms with Crippen LogP contribution in [0.1, 0.15) is 27.2 Å². The number of hydrogen-bond donors (Lipinski definition) is 3. The molecule has 1 aromatic heterocycles. The highest BCUT2D eigenvalue weighted by Crippen LogP contribution is 2.10. The van der Waals surface area contributed by atoms with Crippen molar-refractivity contribution in [3.05, 3.63) is 52.6 Å². The number of benzene rings is 1. The van der Waals surface area contributed by atoms with Crippen LogP contribution >= 0.6 is 0 Å². The van der Waals surface area contributed by atoms with Gasteiger partial charge >= 0.3 is 0 Å². The maximum atomic E-state index is 13.8. The Kier molecular flexibility index (Phi) is 4.69. The number of carbonyl (C=O) groups is 1. The van der Waals surface area contributed by atoms with Crippen LogP contribution in [0.25, 0.3) is 0 Å². The van der Waals surface area contributed by atoms with Gasteiger partial charge in [0.2, 0.25) is 0 Å². The van der Waals surface area contributed by atoms with Crippen molar-refractivity contribution in [1.82, 2.24) is 15.5 Å². The number of nitrogens with zero attached hydrogens (tertiary/aromatic N) is 1. The first-order valence-corrected chi connectivity index (χ1v) is 6.37. The predicted molar refractivity (Wildman–Crippen MR) is 76.8 cm³/mol. The van der Waals surface area contributed by atoms with Gasteiger partial charge in [-0.1, -0.05) is 11.8 Å². The van der Waals surface area contributed by atoms with E-state index < -0.39 is 5.82 Å². The highest BCUT2D eigenvalue weighted by molar-refractivity contribution is 5.94. The minimum atomic E-state index is -0.539. The molecule has 1 heterocycles. The van der Waals surface area contributed by atoms with Crippen molar-refractivity contribution in [3.8, 4) is 11.8 Å². The van der Waals surface area contributed by atoms with E-state index in [-0.39, 0.29) is 23.6 Å². The number of rotatable bonds is 3. The third kappa shape index (κ3) is 3.68. The number of halogens is 1. The molecule has 0 saturated carbocycles. The summed E-state index contributed by atoms with van der Waals surface area (Å²) >= 11 is 0. The van der Waals surface area contributed by atoms with Crippen LogP contribution in [0.4, 0.5) is 4.39 Å². The van der Waals surface area contributed by atoms with E-state index in [1.54, 1.807) is 6.20 Å². The quantitative estimate of drug-likeness (QED) is 0.739. The zero-order valence-corrected chi connectivity index (χ0v) is 11.5. The SMILES string of the molecule is Cc1[nH]ncc1CNC(=O)c1ccc(C#CCN)c(F)c1. The fourth-order valence-electron chi connectivity index (χ4n) is 1.74. The number of aryl methyl sites for hydroxylation is 1. The Morgan fingerprint density at radius 2 is 2.33 bits per heavy atom. The molecule has 0 spiro atoms. The first-order chi connectivity index (χ1) is 10.1. The van der Waals surface area contributed by atoms with Crippen LogP contribution in [0.3, 0.4) is 0 Å². The fourth-order valence-corrected chi connectivity index (χ4v) is 1.74. The molecule has 4 N–H and O–H groups in total. The molecule has 21 heavy (non-hydrogen) atoms. The van der Waals surface area contributed by atoms with Gasteiger partial charge in [-0.2, -0.15) is 5.10 Å². The van der Waals surface area contributed by atoms with Gasteiger partial charge in [-0.25, -0.2) is 4.39 Å². The van der Waals surface area contributed by atoms with Crippen LogP contribution < -0.4 is 11.1 Å². The van der Waals surface area contributed by atoms with Crippen LogP contribution in [-0.2, 0) is 6.54 Å². The molecule has 0 aliphatic carbocycles. The van der Waals surface area contributed by atoms with Gasteiger partial charge in [0.1, 0.15) is 5.82 Å². The number of H-pyrrole nitrogens is 1. The molecule has 0 bridgehead atoms. The van der Waals surface area contributed by atoms with Crippen molar-refractivity contribution in [2.45, 2.75) is 13.5 Å². The van der Waals surface area contributed by atoms with Gasteiger partial charge in [0, 0.05) is 23.4 Å². The molecule has 0 saturated heterocycles. The normalized spacial score (nSPS) is 9.86. The highest BCUT2D eigenvalue weighted by Gasteiger charge is 2.09. The van der Waals surface area contributed by atoms with Crippen LogP contribution in [0.15, 0.2) is 24.4 Å². The summed E-state index contributed by atoms with van der Waals surface area (Å²) in [6.07, 6.45) is 1.64. The number of aromatic nitrogens is 2. The van der Waals surface area contributed by atoms with Gasteiger partial charge in [0.05, 0.1) is 18.3 Å². The molecular weight excluding hydrogens is 271 g/mol. The third-order valence-electron chi connectivity index (χ3n) is 2.93. The summed E-state index contributed by atoms with van der Waals surface area (Å²) in [4.78, 5) is 12.0. The fraction of sp³-hybridized carbons (Fsp3) is 0.200. The lowest BCUT2D eigenvalue weighted by Crippen LogP contribution is -2.23. The Labute approximate surface area is 121 Å². The largest absolute Gasteiger partial charge is 0.348 e. The van der Waals surface area contributed by atoms with Crippen molar-refractivity contribution >= 4 is 5.91 Å². The van der Waals surface area contributed by atoms with Crippen molar-refractivity contribution < 1.29 is 9.18 Å². The Balaban J connectivity index is 2.06. The lowest BCUT2D eigenvalue weighted by atomic mass is 10.1. The number of amides is 1. The van der Waals surface area contributed by atoms with Crippen LogP contribution in [-0.4, -0.2) is 22.6 Å². The molecule has 0 fully saturated rings. The first kappa shape index (κ1) is 14.8. The molecule has 1 amide bonds. The van der Waals surface area contributed by atoms with Crippen LogP contribution in [0, 0.1) is 24.6 Å². The van der Waals surface area contributed by atoms with E-state index in [1.165, 1.54) is 12.1 Å². The van der Waals surface area contributed by atoms with E-state index in [9.17, 15) is 9.18 Å². The number of hydrogen-bond acceptors (Lipinski definition) is 3. The lowest BCUT2D eigenvalue weighted by Gasteiger charge is -2.05. The molecule has 2 aromatic rings. The van der Waals surface area contributed by atoms with Gasteiger partial charge in [-0.05, 0) is 25.1 Å². The minimum Gasteiger partial charge on any atom is -0.348 e. The smallest absolute Gasteiger partial charge is 0.251 e. The van der Waals surface area contributed by atoms with E-state index >= 15 is 0 Å². The summed E-state index contributed by atoms with van der Waals surface area (Å²) < 4.78 is 13.8. The van der Waals surface area contributed by atoms with Gasteiger partial charge in [-0.15, -0.1) is 0 Å². The van der Waals surface area contributed by atoms with Gasteiger partial charge in [0.25, 0.3) is 5.91 Å². The summed E-state index contributed by atoms with van der Waals surface area (Å²) in [5.74, 6) is 4.28.